The molecule has 86 valence electrons. The largest absolute Gasteiger partial charge is 0.314 e. The van der Waals surface area contributed by atoms with Gasteiger partial charge in [-0.05, 0) is 37.7 Å². The lowest BCUT2D eigenvalue weighted by molar-refractivity contribution is 0.540. The van der Waals surface area contributed by atoms with Gasteiger partial charge in [-0.15, -0.1) is 11.8 Å². The van der Waals surface area contributed by atoms with Crippen LogP contribution in [0.5, 0.6) is 0 Å². The SMILES string of the molecule is CC(N)(C#N)CCCSc1ncccc1Cl. The van der Waals surface area contributed by atoms with E-state index in [0.717, 1.165) is 17.2 Å². The monoisotopic (exact) mass is 255 g/mol. The highest BCUT2D eigenvalue weighted by atomic mass is 35.5. The van der Waals surface area contributed by atoms with Crippen LogP contribution in [0.1, 0.15) is 19.8 Å². The quantitative estimate of drug-likeness (QED) is 0.649. The molecule has 1 unspecified atom stereocenters. The summed E-state index contributed by atoms with van der Waals surface area (Å²) in [6.45, 7) is 1.74. The number of pyridine rings is 1. The molecule has 1 aromatic heterocycles. The van der Waals surface area contributed by atoms with Crippen LogP contribution in [0.4, 0.5) is 0 Å². The van der Waals surface area contributed by atoms with Crippen molar-refractivity contribution in [1.29, 1.82) is 5.26 Å². The predicted molar refractivity (Wildman–Crippen MR) is 67.4 cm³/mol. The lowest BCUT2D eigenvalue weighted by Crippen LogP contribution is -2.33. The van der Waals surface area contributed by atoms with Crippen LogP contribution in [0, 0.1) is 11.3 Å². The first-order valence-electron chi connectivity index (χ1n) is 4.98. The number of halogens is 1. The number of nitrogens with two attached hydrogens (primary N) is 1. The predicted octanol–water partition coefficient (Wildman–Crippen LogP) is 2.85. The fraction of sp³-hybridized carbons (Fsp3) is 0.455. The summed E-state index contributed by atoms with van der Waals surface area (Å²) in [5, 5.41) is 10.2. The molecular weight excluding hydrogens is 242 g/mol. The van der Waals surface area contributed by atoms with Crippen LogP contribution in [-0.4, -0.2) is 16.3 Å². The number of nitriles is 1. The van der Waals surface area contributed by atoms with Crippen molar-refractivity contribution in [3.05, 3.63) is 23.4 Å². The molecule has 0 bridgehead atoms. The number of thioether (sulfide) groups is 1. The Balaban J connectivity index is 2.33. The molecule has 0 saturated carbocycles. The van der Waals surface area contributed by atoms with Gasteiger partial charge >= 0.3 is 0 Å². The Morgan fingerprint density at radius 1 is 1.69 bits per heavy atom. The molecule has 1 rings (SSSR count). The lowest BCUT2D eigenvalue weighted by atomic mass is 10.0. The maximum atomic E-state index is 8.74. The van der Waals surface area contributed by atoms with E-state index in [-0.39, 0.29) is 0 Å². The van der Waals surface area contributed by atoms with Gasteiger partial charge in [-0.25, -0.2) is 4.98 Å². The first-order valence-corrected chi connectivity index (χ1v) is 6.35. The van der Waals surface area contributed by atoms with Crippen molar-refractivity contribution < 1.29 is 0 Å². The second kappa shape index (κ2) is 6.09. The molecule has 3 nitrogen and oxygen atoms in total. The van der Waals surface area contributed by atoms with E-state index >= 15 is 0 Å². The van der Waals surface area contributed by atoms with E-state index in [0.29, 0.717) is 11.4 Å². The van der Waals surface area contributed by atoms with Crippen LogP contribution in [-0.2, 0) is 0 Å². The summed E-state index contributed by atoms with van der Waals surface area (Å²) in [5.41, 5.74) is 4.99. The van der Waals surface area contributed by atoms with Gasteiger partial charge in [0.2, 0.25) is 0 Å². The zero-order valence-electron chi connectivity index (χ0n) is 9.11. The number of aromatic nitrogens is 1. The summed E-state index contributed by atoms with van der Waals surface area (Å²) in [6.07, 6.45) is 3.27. The third kappa shape index (κ3) is 4.40. The minimum Gasteiger partial charge on any atom is -0.314 e. The summed E-state index contributed by atoms with van der Waals surface area (Å²) in [4.78, 5) is 4.17. The van der Waals surface area contributed by atoms with Gasteiger partial charge in [0, 0.05) is 6.20 Å². The molecule has 0 aliphatic heterocycles. The molecule has 0 amide bonds. The van der Waals surface area contributed by atoms with Crippen molar-refractivity contribution in [2.45, 2.75) is 30.3 Å². The van der Waals surface area contributed by atoms with E-state index in [1.54, 1.807) is 30.9 Å². The second-order valence-corrected chi connectivity index (χ2v) is 5.26. The number of rotatable bonds is 5. The van der Waals surface area contributed by atoms with Crippen LogP contribution >= 0.6 is 23.4 Å². The Kier molecular flexibility index (Phi) is 5.07. The van der Waals surface area contributed by atoms with Gasteiger partial charge in [-0.2, -0.15) is 5.26 Å². The Morgan fingerprint density at radius 3 is 3.06 bits per heavy atom. The zero-order chi connectivity index (χ0) is 12.0. The zero-order valence-corrected chi connectivity index (χ0v) is 10.7. The number of nitrogens with zero attached hydrogens (tertiary/aromatic N) is 2. The highest BCUT2D eigenvalue weighted by Gasteiger charge is 2.16. The van der Waals surface area contributed by atoms with E-state index in [4.69, 9.17) is 22.6 Å². The average molecular weight is 256 g/mol. The van der Waals surface area contributed by atoms with Crippen molar-refractivity contribution in [2.75, 3.05) is 5.75 Å². The fourth-order valence-electron chi connectivity index (χ4n) is 1.14. The Labute approximate surface area is 105 Å². The Hall–Kier alpha value is -0.760. The van der Waals surface area contributed by atoms with Gasteiger partial charge in [0.1, 0.15) is 10.6 Å². The topological polar surface area (TPSA) is 62.7 Å². The summed E-state index contributed by atoms with van der Waals surface area (Å²) < 4.78 is 0. The standard InChI is InChI=1S/C11H14ClN3S/c1-11(14,8-13)5-3-7-16-10-9(12)4-2-6-15-10/h2,4,6H,3,5,7,14H2,1H3. The maximum Gasteiger partial charge on any atom is 0.115 e. The van der Waals surface area contributed by atoms with Crippen molar-refractivity contribution in [1.82, 2.24) is 4.98 Å². The summed E-state index contributed by atoms with van der Waals surface area (Å²) in [5.74, 6) is 0.866. The molecule has 0 saturated heterocycles. The molecule has 0 radical (unpaired) electrons. The molecule has 2 N–H and O–H groups in total. The summed E-state index contributed by atoms with van der Waals surface area (Å²) in [6, 6.07) is 5.70. The van der Waals surface area contributed by atoms with Gasteiger partial charge in [-0.3, -0.25) is 0 Å². The van der Waals surface area contributed by atoms with Gasteiger partial charge in [0.05, 0.1) is 11.1 Å². The van der Waals surface area contributed by atoms with Crippen LogP contribution in [0.2, 0.25) is 5.02 Å². The van der Waals surface area contributed by atoms with E-state index in [1.807, 2.05) is 6.07 Å². The molecular formula is C11H14ClN3S. The molecule has 16 heavy (non-hydrogen) atoms. The summed E-state index contributed by atoms with van der Waals surface area (Å²) >= 11 is 7.55. The number of hydrogen-bond donors (Lipinski definition) is 1. The fourth-order valence-corrected chi connectivity index (χ4v) is 2.25. The molecule has 5 heteroatoms. The first kappa shape index (κ1) is 13.3. The molecule has 0 aliphatic carbocycles. The molecule has 0 fully saturated rings. The third-order valence-corrected chi connectivity index (χ3v) is 3.57. The third-order valence-electron chi connectivity index (χ3n) is 2.06. The van der Waals surface area contributed by atoms with Gasteiger partial charge in [-0.1, -0.05) is 11.6 Å². The van der Waals surface area contributed by atoms with Gasteiger partial charge < -0.3 is 5.73 Å². The summed E-state index contributed by atoms with van der Waals surface area (Å²) in [7, 11) is 0. The second-order valence-electron chi connectivity index (χ2n) is 3.77. The van der Waals surface area contributed by atoms with Crippen molar-refractivity contribution in [2.24, 2.45) is 5.73 Å². The van der Waals surface area contributed by atoms with Crippen LogP contribution in [0.25, 0.3) is 0 Å². The highest BCUT2D eigenvalue weighted by molar-refractivity contribution is 7.99. The van der Waals surface area contributed by atoms with Gasteiger partial charge in [0.15, 0.2) is 0 Å². The minimum absolute atomic E-state index is 0.670. The van der Waals surface area contributed by atoms with Crippen molar-refractivity contribution in [3.63, 3.8) is 0 Å². The number of hydrogen-bond acceptors (Lipinski definition) is 4. The molecule has 0 spiro atoms. The van der Waals surface area contributed by atoms with Crippen molar-refractivity contribution >= 4 is 23.4 Å². The first-order chi connectivity index (χ1) is 7.55. The van der Waals surface area contributed by atoms with Crippen LogP contribution in [0.15, 0.2) is 23.4 Å². The van der Waals surface area contributed by atoms with Crippen molar-refractivity contribution in [3.8, 4) is 6.07 Å². The van der Waals surface area contributed by atoms with Crippen LogP contribution < -0.4 is 5.73 Å². The van der Waals surface area contributed by atoms with E-state index in [2.05, 4.69) is 11.1 Å². The maximum absolute atomic E-state index is 8.74. The van der Waals surface area contributed by atoms with Gasteiger partial charge in [0.25, 0.3) is 0 Å². The van der Waals surface area contributed by atoms with E-state index in [9.17, 15) is 0 Å². The molecule has 0 aliphatic rings. The van der Waals surface area contributed by atoms with E-state index in [1.165, 1.54) is 0 Å². The molecule has 1 atom stereocenters. The highest BCUT2D eigenvalue weighted by Crippen LogP contribution is 2.25. The molecule has 0 aromatic carbocycles. The van der Waals surface area contributed by atoms with Crippen LogP contribution in [0.3, 0.4) is 0 Å². The molecule has 1 heterocycles. The lowest BCUT2D eigenvalue weighted by Gasteiger charge is -2.14. The average Bonchev–Trinajstić information content (AvgIpc) is 2.27. The smallest absolute Gasteiger partial charge is 0.115 e. The van der Waals surface area contributed by atoms with E-state index < -0.39 is 5.54 Å². The normalized spacial score (nSPS) is 14.1. The Morgan fingerprint density at radius 2 is 2.44 bits per heavy atom. The Bertz CT molecular complexity index is 387. The minimum atomic E-state index is -0.728. The molecule has 1 aromatic rings.